The predicted octanol–water partition coefficient (Wildman–Crippen LogP) is 0.976. The summed E-state index contributed by atoms with van der Waals surface area (Å²) in [6.07, 6.45) is 4.48. The second-order valence-electron chi connectivity index (χ2n) is 4.62. The van der Waals surface area contributed by atoms with Crippen molar-refractivity contribution in [2.24, 2.45) is 0 Å². The maximum atomic E-state index is 12.0. The van der Waals surface area contributed by atoms with E-state index < -0.39 is 0 Å². The minimum Gasteiger partial charge on any atom is -0.382 e. The van der Waals surface area contributed by atoms with Crippen molar-refractivity contribution in [2.45, 2.75) is 38.1 Å². The first-order valence-electron chi connectivity index (χ1n) is 7.17. The maximum absolute atomic E-state index is 12.0. The van der Waals surface area contributed by atoms with E-state index in [2.05, 4.69) is 10.6 Å². The molecular weight excluding hydrogens is 244 g/mol. The van der Waals surface area contributed by atoms with Crippen molar-refractivity contribution in [3.05, 3.63) is 0 Å². The van der Waals surface area contributed by atoms with Gasteiger partial charge >= 0.3 is 0 Å². The van der Waals surface area contributed by atoms with Gasteiger partial charge in [0.1, 0.15) is 5.78 Å². The molecule has 114 valence electrons. The number of hydrogen-bond acceptors (Lipinski definition) is 5. The van der Waals surface area contributed by atoms with E-state index in [1.54, 1.807) is 7.11 Å². The quantitative estimate of drug-likeness (QED) is 0.462. The average molecular weight is 274 g/mol. The fraction of sp³-hybridized carbons (Fsp3) is 0.929. The molecule has 0 amide bonds. The van der Waals surface area contributed by atoms with Crippen molar-refractivity contribution in [3.8, 4) is 0 Å². The molecule has 0 radical (unpaired) electrons. The molecule has 1 unspecified atom stereocenters. The van der Waals surface area contributed by atoms with Crippen molar-refractivity contribution in [2.75, 3.05) is 47.6 Å². The lowest BCUT2D eigenvalue weighted by molar-refractivity contribution is -0.121. The molecule has 5 nitrogen and oxygen atoms in total. The number of hydrogen-bond donors (Lipinski definition) is 2. The number of likely N-dealkylation sites (N-methyl/N-ethyl adjacent to an activating group) is 1. The van der Waals surface area contributed by atoms with Crippen molar-refractivity contribution in [1.82, 2.24) is 10.6 Å². The van der Waals surface area contributed by atoms with Crippen LogP contribution in [0.25, 0.3) is 0 Å². The lowest BCUT2D eigenvalue weighted by Gasteiger charge is -2.14. The Morgan fingerprint density at radius 3 is 2.53 bits per heavy atom. The molecule has 0 aromatic heterocycles. The highest BCUT2D eigenvalue weighted by Crippen LogP contribution is 2.05. The molecule has 1 atom stereocenters. The standard InChI is InChI=1S/C14H30N2O3/c1-15-9-5-4-7-13(16-2)14(17)8-6-10-19-12-11-18-3/h13,15-16H,4-12H2,1-3H3. The van der Waals surface area contributed by atoms with Gasteiger partial charge in [-0.3, -0.25) is 4.79 Å². The Labute approximate surface area is 117 Å². The monoisotopic (exact) mass is 274 g/mol. The molecule has 0 aromatic rings. The minimum atomic E-state index is -0.00386. The van der Waals surface area contributed by atoms with Crippen LogP contribution in [0.4, 0.5) is 0 Å². The molecular formula is C14H30N2O3. The van der Waals surface area contributed by atoms with Gasteiger partial charge in [0.05, 0.1) is 19.3 Å². The van der Waals surface area contributed by atoms with Gasteiger partial charge in [-0.05, 0) is 39.9 Å². The van der Waals surface area contributed by atoms with E-state index in [0.29, 0.717) is 32.0 Å². The Kier molecular flexibility index (Phi) is 13.6. The summed E-state index contributed by atoms with van der Waals surface area (Å²) >= 11 is 0. The van der Waals surface area contributed by atoms with Crippen LogP contribution >= 0.6 is 0 Å². The molecule has 0 spiro atoms. The van der Waals surface area contributed by atoms with Crippen LogP contribution in [0.3, 0.4) is 0 Å². The predicted molar refractivity (Wildman–Crippen MR) is 77.6 cm³/mol. The SMILES string of the molecule is CNCCCCC(NC)C(=O)CCCOCCOC. The average Bonchev–Trinajstić information content (AvgIpc) is 2.42. The highest BCUT2D eigenvalue weighted by molar-refractivity contribution is 5.83. The first-order valence-corrected chi connectivity index (χ1v) is 7.17. The summed E-state index contributed by atoms with van der Waals surface area (Å²) in [5, 5.41) is 6.22. The van der Waals surface area contributed by atoms with Crippen LogP contribution in [0.15, 0.2) is 0 Å². The topological polar surface area (TPSA) is 59.6 Å². The maximum Gasteiger partial charge on any atom is 0.149 e. The number of carbonyl (C=O) groups is 1. The van der Waals surface area contributed by atoms with Gasteiger partial charge in [0.25, 0.3) is 0 Å². The van der Waals surface area contributed by atoms with Crippen molar-refractivity contribution in [1.29, 1.82) is 0 Å². The lowest BCUT2D eigenvalue weighted by atomic mass is 10.0. The van der Waals surface area contributed by atoms with Crippen LogP contribution in [-0.2, 0) is 14.3 Å². The Bertz CT molecular complexity index is 213. The van der Waals surface area contributed by atoms with Gasteiger partial charge in [-0.2, -0.15) is 0 Å². The third kappa shape index (κ3) is 11.1. The van der Waals surface area contributed by atoms with E-state index in [4.69, 9.17) is 9.47 Å². The summed E-state index contributed by atoms with van der Waals surface area (Å²) < 4.78 is 10.2. The molecule has 0 bridgehead atoms. The summed E-state index contributed by atoms with van der Waals surface area (Å²) in [5.41, 5.74) is 0. The van der Waals surface area contributed by atoms with E-state index in [9.17, 15) is 4.79 Å². The normalized spacial score (nSPS) is 12.6. The molecule has 0 aromatic carbocycles. The Hall–Kier alpha value is -0.490. The third-order valence-electron chi connectivity index (χ3n) is 3.05. The number of unbranched alkanes of at least 4 members (excludes halogenated alkanes) is 1. The van der Waals surface area contributed by atoms with Crippen LogP contribution in [0.2, 0.25) is 0 Å². The lowest BCUT2D eigenvalue weighted by Crippen LogP contribution is -2.34. The summed E-state index contributed by atoms with van der Waals surface area (Å²) in [5.74, 6) is 0.294. The van der Waals surface area contributed by atoms with Crippen LogP contribution < -0.4 is 10.6 Å². The fourth-order valence-electron chi connectivity index (χ4n) is 1.88. The zero-order chi connectivity index (χ0) is 14.3. The van der Waals surface area contributed by atoms with E-state index in [1.165, 1.54) is 0 Å². The number of methoxy groups -OCH3 is 1. The zero-order valence-corrected chi connectivity index (χ0v) is 12.7. The van der Waals surface area contributed by atoms with Crippen LogP contribution in [0.5, 0.6) is 0 Å². The molecule has 0 aliphatic carbocycles. The van der Waals surface area contributed by atoms with E-state index in [-0.39, 0.29) is 6.04 Å². The second-order valence-corrected chi connectivity index (χ2v) is 4.62. The minimum absolute atomic E-state index is 0.00386. The van der Waals surface area contributed by atoms with Crippen LogP contribution in [0.1, 0.15) is 32.1 Å². The van der Waals surface area contributed by atoms with E-state index in [0.717, 1.165) is 32.2 Å². The summed E-state index contributed by atoms with van der Waals surface area (Å²) in [4.78, 5) is 12.0. The zero-order valence-electron chi connectivity index (χ0n) is 12.7. The Morgan fingerprint density at radius 1 is 1.11 bits per heavy atom. The van der Waals surface area contributed by atoms with Crippen molar-refractivity contribution >= 4 is 5.78 Å². The molecule has 5 heteroatoms. The molecule has 0 saturated carbocycles. The van der Waals surface area contributed by atoms with Gasteiger partial charge in [-0.25, -0.2) is 0 Å². The number of carbonyl (C=O) groups excluding carboxylic acids is 1. The summed E-state index contributed by atoms with van der Waals surface area (Å²) in [6, 6.07) is -0.00386. The largest absolute Gasteiger partial charge is 0.382 e. The van der Waals surface area contributed by atoms with Crippen molar-refractivity contribution < 1.29 is 14.3 Å². The van der Waals surface area contributed by atoms with Crippen LogP contribution in [0, 0.1) is 0 Å². The van der Waals surface area contributed by atoms with Crippen LogP contribution in [-0.4, -0.2) is 59.4 Å². The molecule has 2 N–H and O–H groups in total. The van der Waals surface area contributed by atoms with Gasteiger partial charge in [0.15, 0.2) is 0 Å². The highest BCUT2D eigenvalue weighted by atomic mass is 16.5. The molecule has 0 aliphatic rings. The number of Topliss-reactive ketones (excluding diaryl/α,β-unsaturated/α-hetero) is 1. The first kappa shape index (κ1) is 18.5. The first-order chi connectivity index (χ1) is 9.26. The molecule has 0 rings (SSSR count). The smallest absolute Gasteiger partial charge is 0.149 e. The third-order valence-corrected chi connectivity index (χ3v) is 3.05. The van der Waals surface area contributed by atoms with Gasteiger partial charge in [0.2, 0.25) is 0 Å². The Balaban J connectivity index is 3.58. The highest BCUT2D eigenvalue weighted by Gasteiger charge is 2.14. The van der Waals surface area contributed by atoms with Gasteiger partial charge in [0, 0.05) is 20.1 Å². The fourth-order valence-corrected chi connectivity index (χ4v) is 1.88. The molecule has 0 fully saturated rings. The summed E-state index contributed by atoms with van der Waals surface area (Å²) in [7, 11) is 5.46. The van der Waals surface area contributed by atoms with E-state index in [1.807, 2.05) is 14.1 Å². The number of ketones is 1. The van der Waals surface area contributed by atoms with Crippen molar-refractivity contribution in [3.63, 3.8) is 0 Å². The molecule has 19 heavy (non-hydrogen) atoms. The summed E-state index contributed by atoms with van der Waals surface area (Å²) in [6.45, 7) is 2.85. The van der Waals surface area contributed by atoms with E-state index >= 15 is 0 Å². The number of nitrogens with one attached hydrogen (secondary N) is 2. The van der Waals surface area contributed by atoms with Gasteiger partial charge in [-0.15, -0.1) is 0 Å². The molecule has 0 heterocycles. The second kappa shape index (κ2) is 13.9. The number of rotatable bonds is 14. The Morgan fingerprint density at radius 2 is 1.89 bits per heavy atom. The molecule has 0 saturated heterocycles. The van der Waals surface area contributed by atoms with Gasteiger partial charge in [-0.1, -0.05) is 6.42 Å². The van der Waals surface area contributed by atoms with Gasteiger partial charge < -0.3 is 20.1 Å². The number of ether oxygens (including phenoxy) is 2. The molecule has 0 aliphatic heterocycles.